The third kappa shape index (κ3) is 3.46. The fraction of sp³-hybridized carbons (Fsp3) is 0.500. The van der Waals surface area contributed by atoms with E-state index in [9.17, 15) is 19.2 Å². The van der Waals surface area contributed by atoms with Crippen molar-refractivity contribution >= 4 is 22.7 Å². The van der Waals surface area contributed by atoms with Crippen LogP contribution in [0.2, 0.25) is 0 Å². The zero-order valence-corrected chi connectivity index (χ0v) is 11.1. The molecule has 0 spiro atoms. The maximum atomic E-state index is 10.4. The first-order chi connectivity index (χ1) is 8.87. The van der Waals surface area contributed by atoms with Crippen molar-refractivity contribution in [3.05, 3.63) is 28.0 Å². The van der Waals surface area contributed by atoms with Gasteiger partial charge in [-0.25, -0.2) is 0 Å². The third-order valence-electron chi connectivity index (χ3n) is 2.79. The van der Waals surface area contributed by atoms with Gasteiger partial charge in [0.2, 0.25) is 0 Å². The summed E-state index contributed by atoms with van der Waals surface area (Å²) in [6.07, 6.45) is 1.39. The van der Waals surface area contributed by atoms with Crippen LogP contribution in [0, 0.1) is 10.1 Å². The van der Waals surface area contributed by atoms with E-state index in [0.717, 1.165) is 0 Å². The van der Waals surface area contributed by atoms with Gasteiger partial charge in [-0.15, -0.1) is 0 Å². The van der Waals surface area contributed by atoms with E-state index in [2.05, 4.69) is 5.10 Å². The molecule has 0 bridgehead atoms. The number of hydrogen-bond acceptors (Lipinski definition) is 7. The molecule has 1 aliphatic rings. The maximum absolute atomic E-state index is 10.4. The highest BCUT2D eigenvalue weighted by Crippen LogP contribution is 2.42. The minimum Gasteiger partial charge on any atom is -0.400 e. The summed E-state index contributed by atoms with van der Waals surface area (Å²) in [6.45, 7) is 2.28. The van der Waals surface area contributed by atoms with Crippen molar-refractivity contribution in [2.45, 2.75) is 13.0 Å². The molecule has 106 valence electrons. The van der Waals surface area contributed by atoms with E-state index in [4.69, 9.17) is 4.42 Å². The van der Waals surface area contributed by atoms with Gasteiger partial charge in [-0.05, 0) is 13.0 Å². The highest BCUT2D eigenvalue weighted by molar-refractivity contribution is 8.24. The Morgan fingerprint density at radius 1 is 1.63 bits per heavy atom. The van der Waals surface area contributed by atoms with Crippen LogP contribution in [-0.2, 0) is 0 Å². The Labute approximate surface area is 111 Å². The molecule has 19 heavy (non-hydrogen) atoms. The lowest BCUT2D eigenvalue weighted by Gasteiger charge is -2.43. The summed E-state index contributed by atoms with van der Waals surface area (Å²) >= 11 is 0. The molecule has 1 fully saturated rings. The summed E-state index contributed by atoms with van der Waals surface area (Å²) in [5.74, 6) is 0.522. The molecule has 1 unspecified atom stereocenters. The van der Waals surface area contributed by atoms with Gasteiger partial charge in [0.05, 0.1) is 36.4 Å². The van der Waals surface area contributed by atoms with E-state index < -0.39 is 15.5 Å². The van der Waals surface area contributed by atoms with Gasteiger partial charge in [0, 0.05) is 0 Å². The number of nitrogens with zero attached hydrogens (tertiary/aromatic N) is 3. The summed E-state index contributed by atoms with van der Waals surface area (Å²) in [6, 6.07) is 2.63. The molecule has 1 saturated heterocycles. The van der Waals surface area contributed by atoms with Crippen molar-refractivity contribution < 1.29 is 18.4 Å². The van der Waals surface area contributed by atoms with Crippen LogP contribution >= 0.6 is 10.6 Å². The minimum absolute atomic E-state index is 0.0973. The van der Waals surface area contributed by atoms with Gasteiger partial charge in [0.1, 0.15) is 4.92 Å². The van der Waals surface area contributed by atoms with Crippen LogP contribution in [0.1, 0.15) is 12.7 Å². The zero-order valence-electron chi connectivity index (χ0n) is 10.3. The fourth-order valence-corrected chi connectivity index (χ4v) is 3.42. The van der Waals surface area contributed by atoms with E-state index in [1.54, 1.807) is 5.01 Å². The number of nitro groups is 1. The zero-order chi connectivity index (χ0) is 14.0. The van der Waals surface area contributed by atoms with E-state index in [-0.39, 0.29) is 29.2 Å². The van der Waals surface area contributed by atoms with Crippen molar-refractivity contribution in [3.63, 3.8) is 0 Å². The van der Waals surface area contributed by atoms with Crippen LogP contribution in [0.25, 0.3) is 0 Å². The van der Waals surface area contributed by atoms with Gasteiger partial charge in [0.15, 0.2) is 5.76 Å². The van der Waals surface area contributed by atoms with Crippen molar-refractivity contribution in [1.29, 1.82) is 0 Å². The topological polar surface area (TPSA) is 112 Å². The third-order valence-corrected chi connectivity index (χ3v) is 4.64. The Balaban J connectivity index is 2.00. The summed E-state index contributed by atoms with van der Waals surface area (Å²) in [7, 11) is -2.48. The maximum Gasteiger partial charge on any atom is 0.433 e. The van der Waals surface area contributed by atoms with Gasteiger partial charge >= 0.3 is 5.88 Å². The molecule has 8 nitrogen and oxygen atoms in total. The molecular weight excluding hydrogens is 274 g/mol. The fourth-order valence-electron chi connectivity index (χ4n) is 1.83. The molecule has 0 aromatic carbocycles. The van der Waals surface area contributed by atoms with E-state index >= 15 is 0 Å². The molecular formula is C10H15N3O5S. The van der Waals surface area contributed by atoms with Gasteiger partial charge < -0.3 is 4.42 Å². The smallest absolute Gasteiger partial charge is 0.400 e. The molecule has 1 atom stereocenters. The Morgan fingerprint density at radius 3 is 2.95 bits per heavy atom. The predicted octanol–water partition coefficient (Wildman–Crippen LogP) is 1.98. The SMILES string of the molecule is CC1CS(O)(O)CCN1N=Cc1ccc([N+](=O)[O-])o1. The van der Waals surface area contributed by atoms with Gasteiger partial charge in [-0.2, -0.15) is 15.7 Å². The van der Waals surface area contributed by atoms with Gasteiger partial charge in [-0.3, -0.25) is 24.2 Å². The lowest BCUT2D eigenvalue weighted by Crippen LogP contribution is -2.41. The summed E-state index contributed by atoms with van der Waals surface area (Å²) in [5.41, 5.74) is 0. The Hall–Kier alpha value is -1.58. The molecule has 0 saturated carbocycles. The summed E-state index contributed by atoms with van der Waals surface area (Å²) in [4.78, 5) is 9.83. The van der Waals surface area contributed by atoms with Crippen LogP contribution in [0.15, 0.2) is 21.7 Å². The number of rotatable bonds is 3. The van der Waals surface area contributed by atoms with Gasteiger partial charge in [0.25, 0.3) is 0 Å². The van der Waals surface area contributed by atoms with Gasteiger partial charge in [-0.1, -0.05) is 0 Å². The van der Waals surface area contributed by atoms with Crippen LogP contribution < -0.4 is 0 Å². The highest BCUT2D eigenvalue weighted by atomic mass is 32.3. The average Bonchev–Trinajstić information content (AvgIpc) is 2.75. The van der Waals surface area contributed by atoms with Crippen LogP contribution in [0.5, 0.6) is 0 Å². The number of furan rings is 1. The Morgan fingerprint density at radius 2 is 2.37 bits per heavy atom. The van der Waals surface area contributed by atoms with Crippen molar-refractivity contribution in [1.82, 2.24) is 5.01 Å². The van der Waals surface area contributed by atoms with E-state index in [1.165, 1.54) is 18.3 Å². The average molecular weight is 289 g/mol. The Bertz CT molecular complexity index is 501. The van der Waals surface area contributed by atoms with Crippen molar-refractivity contribution in [2.75, 3.05) is 18.1 Å². The predicted molar refractivity (Wildman–Crippen MR) is 71.7 cm³/mol. The first-order valence-corrected chi connectivity index (χ1v) is 7.54. The molecule has 0 amide bonds. The highest BCUT2D eigenvalue weighted by Gasteiger charge is 2.27. The molecule has 2 heterocycles. The first kappa shape index (κ1) is 13.8. The molecule has 1 aromatic rings. The minimum atomic E-state index is -2.48. The second kappa shape index (κ2) is 5.19. The number of hydrogen-bond donors (Lipinski definition) is 2. The second-order valence-electron chi connectivity index (χ2n) is 4.36. The van der Waals surface area contributed by atoms with Crippen molar-refractivity contribution in [2.24, 2.45) is 5.10 Å². The molecule has 1 aromatic heterocycles. The molecule has 1 aliphatic heterocycles. The number of hydrazone groups is 1. The quantitative estimate of drug-likeness (QED) is 0.500. The standard InChI is InChI=1S/C10H15N3O5S/c1-8-7-19(16,17)5-4-12(8)11-6-9-2-3-10(18-9)13(14)15/h2-3,6,8,16-17H,4-5,7H2,1H3. The van der Waals surface area contributed by atoms with E-state index in [0.29, 0.717) is 6.54 Å². The van der Waals surface area contributed by atoms with Crippen molar-refractivity contribution in [3.8, 4) is 0 Å². The molecule has 2 N–H and O–H groups in total. The monoisotopic (exact) mass is 289 g/mol. The summed E-state index contributed by atoms with van der Waals surface area (Å²) < 4.78 is 24.1. The van der Waals surface area contributed by atoms with Crippen LogP contribution in [-0.4, -0.2) is 49.3 Å². The van der Waals surface area contributed by atoms with Crippen LogP contribution in [0.4, 0.5) is 5.88 Å². The molecule has 2 rings (SSSR count). The van der Waals surface area contributed by atoms with E-state index in [1.807, 2.05) is 6.92 Å². The Kier molecular flexibility index (Phi) is 3.78. The summed E-state index contributed by atoms with van der Waals surface area (Å²) in [5, 5.41) is 16.3. The molecule has 0 aliphatic carbocycles. The lowest BCUT2D eigenvalue weighted by molar-refractivity contribution is -0.402. The molecule has 9 heteroatoms. The van der Waals surface area contributed by atoms with Crippen LogP contribution in [0.3, 0.4) is 0 Å². The molecule has 0 radical (unpaired) electrons. The largest absolute Gasteiger partial charge is 0.433 e. The normalized spacial score (nSPS) is 24.6. The first-order valence-electron chi connectivity index (χ1n) is 5.66. The lowest BCUT2D eigenvalue weighted by atomic mass is 10.4. The second-order valence-corrected chi connectivity index (χ2v) is 6.71.